The Balaban J connectivity index is 2.47. The van der Waals surface area contributed by atoms with E-state index in [4.69, 9.17) is 10.00 Å². The van der Waals surface area contributed by atoms with Crippen molar-refractivity contribution < 1.29 is 4.74 Å². The summed E-state index contributed by atoms with van der Waals surface area (Å²) < 4.78 is 5.10. The first-order valence-electron chi connectivity index (χ1n) is 3.64. The molecule has 0 spiro atoms. The van der Waals surface area contributed by atoms with E-state index in [1.165, 1.54) is 0 Å². The molecular weight excluding hydrogens is 138 g/mol. The second kappa shape index (κ2) is 3.95. The summed E-state index contributed by atoms with van der Waals surface area (Å²) in [4.78, 5) is 0. The molecule has 0 N–H and O–H groups in total. The van der Waals surface area contributed by atoms with E-state index < -0.39 is 0 Å². The molecule has 0 saturated carbocycles. The van der Waals surface area contributed by atoms with Crippen LogP contribution in [0.5, 0.6) is 0 Å². The second-order valence-electron chi connectivity index (χ2n) is 2.48. The predicted octanol–water partition coefficient (Wildman–Crippen LogP) is 1.80. The van der Waals surface area contributed by atoms with E-state index in [1.807, 2.05) is 12.2 Å². The summed E-state index contributed by atoms with van der Waals surface area (Å²) >= 11 is 0. The highest BCUT2D eigenvalue weighted by molar-refractivity contribution is 5.26. The number of allylic oxidation sites excluding steroid dienone is 2. The van der Waals surface area contributed by atoms with Crippen LogP contribution in [0.3, 0.4) is 0 Å². The van der Waals surface area contributed by atoms with Crippen LogP contribution < -0.4 is 0 Å². The molecule has 1 aliphatic carbocycles. The highest BCUT2D eigenvalue weighted by Gasteiger charge is 2.05. The van der Waals surface area contributed by atoms with E-state index >= 15 is 0 Å². The van der Waals surface area contributed by atoms with E-state index in [0.717, 1.165) is 12.0 Å². The Bertz CT molecular complexity index is 222. The Morgan fingerprint density at radius 2 is 2.64 bits per heavy atom. The van der Waals surface area contributed by atoms with Crippen molar-refractivity contribution in [2.24, 2.45) is 0 Å². The van der Waals surface area contributed by atoms with E-state index in [-0.39, 0.29) is 6.10 Å². The summed E-state index contributed by atoms with van der Waals surface area (Å²) in [5.41, 5.74) is 1.10. The summed E-state index contributed by atoms with van der Waals surface area (Å²) in [5.74, 6) is 0. The van der Waals surface area contributed by atoms with Gasteiger partial charge in [-0.1, -0.05) is 18.2 Å². The van der Waals surface area contributed by atoms with Crippen molar-refractivity contribution in [3.05, 3.63) is 23.8 Å². The average Bonchev–Trinajstić information content (AvgIpc) is 2.07. The Labute approximate surface area is 66.8 Å². The molecule has 0 amide bonds. The Morgan fingerprint density at radius 1 is 1.82 bits per heavy atom. The zero-order valence-corrected chi connectivity index (χ0v) is 6.58. The zero-order valence-electron chi connectivity index (χ0n) is 6.58. The maximum atomic E-state index is 8.39. The Kier molecular flexibility index (Phi) is 2.88. The third kappa shape index (κ3) is 2.21. The minimum Gasteiger partial charge on any atom is -0.377 e. The van der Waals surface area contributed by atoms with Crippen LogP contribution in [-0.2, 0) is 4.74 Å². The minimum atomic E-state index is 0.206. The van der Waals surface area contributed by atoms with Gasteiger partial charge in [-0.05, 0) is 12.0 Å². The smallest absolute Gasteiger partial charge is 0.0789 e. The molecule has 0 radical (unpaired) electrons. The number of nitriles is 1. The van der Waals surface area contributed by atoms with Crippen molar-refractivity contribution in [2.45, 2.75) is 18.9 Å². The SMILES string of the molecule is COC1C=CC(CC#N)=CC1. The maximum absolute atomic E-state index is 8.39. The average molecular weight is 149 g/mol. The zero-order chi connectivity index (χ0) is 8.10. The first-order chi connectivity index (χ1) is 5.36. The number of rotatable bonds is 2. The number of ether oxygens (including phenoxy) is 1. The molecular formula is C9H11NO. The van der Waals surface area contributed by atoms with Gasteiger partial charge in [0, 0.05) is 7.11 Å². The van der Waals surface area contributed by atoms with Gasteiger partial charge in [0.05, 0.1) is 18.6 Å². The largest absolute Gasteiger partial charge is 0.377 e. The molecule has 0 aromatic carbocycles. The lowest BCUT2D eigenvalue weighted by Gasteiger charge is -2.12. The Hall–Kier alpha value is -1.07. The van der Waals surface area contributed by atoms with Crippen molar-refractivity contribution in [2.75, 3.05) is 7.11 Å². The van der Waals surface area contributed by atoms with Gasteiger partial charge >= 0.3 is 0 Å². The molecule has 1 unspecified atom stereocenters. The summed E-state index contributed by atoms with van der Waals surface area (Å²) in [6, 6.07) is 2.11. The minimum absolute atomic E-state index is 0.206. The molecule has 0 heterocycles. The van der Waals surface area contributed by atoms with Crippen molar-refractivity contribution in [1.29, 1.82) is 5.26 Å². The maximum Gasteiger partial charge on any atom is 0.0789 e. The molecule has 58 valence electrons. The van der Waals surface area contributed by atoms with Crippen LogP contribution >= 0.6 is 0 Å². The van der Waals surface area contributed by atoms with Crippen molar-refractivity contribution in [3.63, 3.8) is 0 Å². The molecule has 1 rings (SSSR count). The van der Waals surface area contributed by atoms with E-state index in [9.17, 15) is 0 Å². The van der Waals surface area contributed by atoms with Gasteiger partial charge in [-0.15, -0.1) is 0 Å². The summed E-state index contributed by atoms with van der Waals surface area (Å²) in [5, 5.41) is 8.39. The highest BCUT2D eigenvalue weighted by Crippen LogP contribution is 2.14. The molecule has 0 aromatic rings. The molecule has 0 fully saturated rings. The van der Waals surface area contributed by atoms with Gasteiger partial charge in [0.2, 0.25) is 0 Å². The van der Waals surface area contributed by atoms with Crippen LogP contribution in [0.15, 0.2) is 23.8 Å². The topological polar surface area (TPSA) is 33.0 Å². The normalized spacial score (nSPS) is 22.5. The van der Waals surface area contributed by atoms with Crippen LogP contribution in [0.2, 0.25) is 0 Å². The predicted molar refractivity (Wildman–Crippen MR) is 42.9 cm³/mol. The van der Waals surface area contributed by atoms with Crippen molar-refractivity contribution in [1.82, 2.24) is 0 Å². The molecule has 2 heteroatoms. The van der Waals surface area contributed by atoms with Gasteiger partial charge in [-0.3, -0.25) is 0 Å². The number of nitrogens with zero attached hydrogens (tertiary/aromatic N) is 1. The lowest BCUT2D eigenvalue weighted by molar-refractivity contribution is 0.142. The number of hydrogen-bond acceptors (Lipinski definition) is 2. The molecule has 0 saturated heterocycles. The van der Waals surface area contributed by atoms with Gasteiger partial charge < -0.3 is 4.74 Å². The quantitative estimate of drug-likeness (QED) is 0.599. The monoisotopic (exact) mass is 149 g/mol. The lowest BCUT2D eigenvalue weighted by Crippen LogP contribution is -2.08. The molecule has 11 heavy (non-hydrogen) atoms. The third-order valence-corrected chi connectivity index (χ3v) is 1.72. The van der Waals surface area contributed by atoms with E-state index in [2.05, 4.69) is 12.1 Å². The summed E-state index contributed by atoms with van der Waals surface area (Å²) in [7, 11) is 1.69. The van der Waals surface area contributed by atoms with Gasteiger partial charge in [-0.25, -0.2) is 0 Å². The van der Waals surface area contributed by atoms with Crippen LogP contribution in [-0.4, -0.2) is 13.2 Å². The fraction of sp³-hybridized carbons (Fsp3) is 0.444. The van der Waals surface area contributed by atoms with Crippen molar-refractivity contribution in [3.8, 4) is 6.07 Å². The van der Waals surface area contributed by atoms with E-state index in [0.29, 0.717) is 6.42 Å². The van der Waals surface area contributed by atoms with Crippen LogP contribution in [0.25, 0.3) is 0 Å². The fourth-order valence-electron chi connectivity index (χ4n) is 1.04. The first kappa shape index (κ1) is 8.03. The Morgan fingerprint density at radius 3 is 3.09 bits per heavy atom. The summed E-state index contributed by atoms with van der Waals surface area (Å²) in [6.45, 7) is 0. The molecule has 2 nitrogen and oxygen atoms in total. The van der Waals surface area contributed by atoms with E-state index in [1.54, 1.807) is 7.11 Å². The molecule has 0 aromatic heterocycles. The van der Waals surface area contributed by atoms with Gasteiger partial charge in [0.15, 0.2) is 0 Å². The standard InChI is InChI=1S/C9H11NO/c1-11-9-4-2-8(3-5-9)6-7-10/h2-4,9H,5-6H2,1H3. The second-order valence-corrected chi connectivity index (χ2v) is 2.48. The molecule has 0 aliphatic heterocycles. The summed E-state index contributed by atoms with van der Waals surface area (Å²) in [6.07, 6.45) is 7.61. The number of hydrogen-bond donors (Lipinski definition) is 0. The van der Waals surface area contributed by atoms with Crippen LogP contribution in [0.1, 0.15) is 12.8 Å². The lowest BCUT2D eigenvalue weighted by atomic mass is 10.0. The van der Waals surface area contributed by atoms with Crippen LogP contribution in [0, 0.1) is 11.3 Å². The molecule has 1 aliphatic rings. The fourth-order valence-corrected chi connectivity index (χ4v) is 1.04. The van der Waals surface area contributed by atoms with Crippen molar-refractivity contribution >= 4 is 0 Å². The highest BCUT2D eigenvalue weighted by atomic mass is 16.5. The molecule has 0 bridgehead atoms. The molecule has 1 atom stereocenters. The van der Waals surface area contributed by atoms with Gasteiger partial charge in [0.1, 0.15) is 0 Å². The van der Waals surface area contributed by atoms with Gasteiger partial charge in [-0.2, -0.15) is 5.26 Å². The third-order valence-electron chi connectivity index (χ3n) is 1.72. The van der Waals surface area contributed by atoms with Gasteiger partial charge in [0.25, 0.3) is 0 Å². The number of methoxy groups -OCH3 is 1. The van der Waals surface area contributed by atoms with Crippen LogP contribution in [0.4, 0.5) is 0 Å². The first-order valence-corrected chi connectivity index (χ1v) is 3.64.